The molecule has 0 aliphatic carbocycles. The SMILES string of the molecule is CCC(CC)C(c1ccc(NC(=S)Nc2nc3ccccc3s2)cc1)n1ccnc1. The number of anilines is 2. The van der Waals surface area contributed by atoms with Gasteiger partial charge in [-0.3, -0.25) is 0 Å². The maximum atomic E-state index is 5.48. The average Bonchev–Trinajstić information content (AvgIpc) is 3.42. The molecule has 0 aliphatic rings. The van der Waals surface area contributed by atoms with Gasteiger partial charge >= 0.3 is 0 Å². The standard InChI is InChI=1S/C23H25N5S2/c1-3-16(4-2)21(28-14-13-24-15-28)17-9-11-18(12-10-17)25-22(29)27-23-26-19-7-5-6-8-20(19)30-23/h5-16,21H,3-4H2,1-2H3,(H2,25,26,27,29). The highest BCUT2D eigenvalue weighted by molar-refractivity contribution is 7.80. The molecule has 0 saturated heterocycles. The maximum absolute atomic E-state index is 5.48. The van der Waals surface area contributed by atoms with E-state index >= 15 is 0 Å². The van der Waals surface area contributed by atoms with Crippen LogP contribution in [0.15, 0.2) is 67.3 Å². The monoisotopic (exact) mass is 435 g/mol. The van der Waals surface area contributed by atoms with E-state index in [1.165, 1.54) is 5.56 Å². The van der Waals surface area contributed by atoms with Crippen molar-refractivity contribution in [3.05, 3.63) is 72.8 Å². The van der Waals surface area contributed by atoms with Crippen LogP contribution in [0.5, 0.6) is 0 Å². The van der Waals surface area contributed by atoms with Gasteiger partial charge in [0.2, 0.25) is 0 Å². The van der Waals surface area contributed by atoms with Crippen LogP contribution in [0.3, 0.4) is 0 Å². The Morgan fingerprint density at radius 3 is 2.50 bits per heavy atom. The minimum absolute atomic E-state index is 0.282. The number of benzene rings is 2. The van der Waals surface area contributed by atoms with Crippen LogP contribution >= 0.6 is 23.6 Å². The van der Waals surface area contributed by atoms with Crippen LogP contribution in [-0.4, -0.2) is 19.6 Å². The molecule has 2 N–H and O–H groups in total. The second-order valence-electron chi connectivity index (χ2n) is 7.22. The first-order valence-electron chi connectivity index (χ1n) is 10.2. The summed E-state index contributed by atoms with van der Waals surface area (Å²) in [6, 6.07) is 16.8. The van der Waals surface area contributed by atoms with Crippen molar-refractivity contribution in [1.29, 1.82) is 0 Å². The molecule has 0 radical (unpaired) electrons. The van der Waals surface area contributed by atoms with E-state index in [-0.39, 0.29) is 6.04 Å². The van der Waals surface area contributed by atoms with E-state index in [0.717, 1.165) is 33.9 Å². The van der Waals surface area contributed by atoms with Gasteiger partial charge in [-0.05, 0) is 48.0 Å². The fraction of sp³-hybridized carbons (Fsp3) is 0.261. The summed E-state index contributed by atoms with van der Waals surface area (Å²) in [5.41, 5.74) is 3.20. The van der Waals surface area contributed by atoms with E-state index < -0.39 is 0 Å². The molecule has 1 unspecified atom stereocenters. The number of nitrogens with zero attached hydrogens (tertiary/aromatic N) is 3. The van der Waals surface area contributed by atoms with Crippen LogP contribution in [0.2, 0.25) is 0 Å². The van der Waals surface area contributed by atoms with E-state index in [0.29, 0.717) is 11.0 Å². The Bertz CT molecular complexity index is 1070. The lowest BCUT2D eigenvalue weighted by Gasteiger charge is -2.27. The first-order chi connectivity index (χ1) is 14.7. The zero-order valence-electron chi connectivity index (χ0n) is 17.1. The molecule has 2 aromatic carbocycles. The first-order valence-corrected chi connectivity index (χ1v) is 11.4. The molecule has 0 saturated carbocycles. The van der Waals surface area contributed by atoms with Crippen molar-refractivity contribution in [2.45, 2.75) is 32.7 Å². The second-order valence-corrected chi connectivity index (χ2v) is 8.66. The number of hydrogen-bond acceptors (Lipinski definition) is 4. The van der Waals surface area contributed by atoms with Crippen LogP contribution in [0.25, 0.3) is 10.2 Å². The summed E-state index contributed by atoms with van der Waals surface area (Å²) < 4.78 is 3.35. The molecule has 0 aliphatic heterocycles. The van der Waals surface area contributed by atoms with Gasteiger partial charge in [0.25, 0.3) is 0 Å². The van der Waals surface area contributed by atoms with E-state index in [1.807, 2.05) is 36.9 Å². The van der Waals surface area contributed by atoms with Crippen molar-refractivity contribution in [3.63, 3.8) is 0 Å². The lowest BCUT2D eigenvalue weighted by molar-refractivity contribution is 0.355. The van der Waals surface area contributed by atoms with Crippen molar-refractivity contribution in [2.24, 2.45) is 5.92 Å². The quantitative estimate of drug-likeness (QED) is 0.332. The molecule has 0 bridgehead atoms. The zero-order valence-corrected chi connectivity index (χ0v) is 18.7. The van der Waals surface area contributed by atoms with Gasteiger partial charge in [-0.15, -0.1) is 0 Å². The Balaban J connectivity index is 1.46. The topological polar surface area (TPSA) is 54.8 Å². The average molecular weight is 436 g/mol. The van der Waals surface area contributed by atoms with Gasteiger partial charge in [-0.25, -0.2) is 9.97 Å². The molecular weight excluding hydrogens is 410 g/mol. The Hall–Kier alpha value is -2.77. The molecular formula is C23H25N5S2. The molecule has 4 aromatic rings. The molecule has 0 spiro atoms. The van der Waals surface area contributed by atoms with Gasteiger partial charge in [0, 0.05) is 18.1 Å². The maximum Gasteiger partial charge on any atom is 0.190 e. The predicted molar refractivity (Wildman–Crippen MR) is 130 cm³/mol. The second kappa shape index (κ2) is 9.36. The number of rotatable bonds is 7. The number of aromatic nitrogens is 3. The third kappa shape index (κ3) is 4.52. The number of fused-ring (bicyclic) bond motifs is 1. The fourth-order valence-electron chi connectivity index (χ4n) is 3.81. The molecule has 2 heterocycles. The summed E-state index contributed by atoms with van der Waals surface area (Å²) in [4.78, 5) is 8.82. The molecule has 1 atom stereocenters. The van der Waals surface area contributed by atoms with Crippen molar-refractivity contribution in [3.8, 4) is 0 Å². The molecule has 7 heteroatoms. The highest BCUT2D eigenvalue weighted by atomic mass is 32.1. The molecule has 4 rings (SSSR count). The minimum Gasteiger partial charge on any atom is -0.332 e. The minimum atomic E-state index is 0.282. The highest BCUT2D eigenvalue weighted by Gasteiger charge is 2.22. The van der Waals surface area contributed by atoms with Crippen LogP contribution < -0.4 is 10.6 Å². The number of thiazole rings is 1. The van der Waals surface area contributed by atoms with Gasteiger partial charge in [0.15, 0.2) is 10.2 Å². The van der Waals surface area contributed by atoms with Crippen LogP contribution in [0, 0.1) is 5.92 Å². The summed E-state index contributed by atoms with van der Waals surface area (Å²) in [5.74, 6) is 0.555. The normalized spacial score (nSPS) is 12.2. The Morgan fingerprint density at radius 1 is 1.07 bits per heavy atom. The number of nitrogens with one attached hydrogen (secondary N) is 2. The molecule has 30 heavy (non-hydrogen) atoms. The van der Waals surface area contributed by atoms with Crippen molar-refractivity contribution in [2.75, 3.05) is 10.6 Å². The molecule has 0 amide bonds. The highest BCUT2D eigenvalue weighted by Crippen LogP contribution is 2.32. The lowest BCUT2D eigenvalue weighted by Crippen LogP contribution is -2.20. The van der Waals surface area contributed by atoms with Gasteiger partial charge in [-0.1, -0.05) is 62.3 Å². The van der Waals surface area contributed by atoms with Gasteiger partial charge in [-0.2, -0.15) is 0 Å². The summed E-state index contributed by atoms with van der Waals surface area (Å²) in [5, 5.41) is 7.78. The molecule has 0 fully saturated rings. The first kappa shape index (κ1) is 20.5. The van der Waals surface area contributed by atoms with Gasteiger partial charge in [0.1, 0.15) is 0 Å². The number of para-hydroxylation sites is 1. The Labute approximate surface area is 186 Å². The summed E-state index contributed by atoms with van der Waals surface area (Å²) in [6.07, 6.45) is 8.04. The molecule has 5 nitrogen and oxygen atoms in total. The smallest absolute Gasteiger partial charge is 0.190 e. The molecule has 154 valence electrons. The van der Waals surface area contributed by atoms with Gasteiger partial charge in [0.05, 0.1) is 22.6 Å². The predicted octanol–water partition coefficient (Wildman–Crippen LogP) is 6.33. The van der Waals surface area contributed by atoms with E-state index in [4.69, 9.17) is 12.2 Å². The zero-order chi connectivity index (χ0) is 20.9. The largest absolute Gasteiger partial charge is 0.332 e. The van der Waals surface area contributed by atoms with E-state index in [1.54, 1.807) is 11.3 Å². The summed E-state index contributed by atoms with van der Waals surface area (Å²) in [6.45, 7) is 4.50. The fourth-order valence-corrected chi connectivity index (χ4v) is 4.96. The van der Waals surface area contributed by atoms with Crippen molar-refractivity contribution >= 4 is 49.7 Å². The van der Waals surface area contributed by atoms with Gasteiger partial charge < -0.3 is 15.2 Å². The van der Waals surface area contributed by atoms with Crippen LogP contribution in [0.1, 0.15) is 38.3 Å². The number of thiocarbonyl (C=S) groups is 1. The summed E-state index contributed by atoms with van der Waals surface area (Å²) in [7, 11) is 0. The van der Waals surface area contributed by atoms with Crippen molar-refractivity contribution in [1.82, 2.24) is 14.5 Å². The Kier molecular flexibility index (Phi) is 6.40. The van der Waals surface area contributed by atoms with Crippen LogP contribution in [-0.2, 0) is 0 Å². The van der Waals surface area contributed by atoms with Crippen LogP contribution in [0.4, 0.5) is 10.8 Å². The lowest BCUT2D eigenvalue weighted by atomic mass is 9.88. The third-order valence-corrected chi connectivity index (χ3v) is 6.52. The number of hydrogen-bond donors (Lipinski definition) is 2. The Morgan fingerprint density at radius 2 is 1.83 bits per heavy atom. The number of imidazole rings is 1. The summed E-state index contributed by atoms with van der Waals surface area (Å²) >= 11 is 7.07. The van der Waals surface area contributed by atoms with E-state index in [9.17, 15) is 0 Å². The van der Waals surface area contributed by atoms with Crippen molar-refractivity contribution < 1.29 is 0 Å². The third-order valence-electron chi connectivity index (χ3n) is 5.37. The molecule has 2 aromatic heterocycles. The van der Waals surface area contributed by atoms with E-state index in [2.05, 4.69) is 69.3 Å².